The predicted octanol–water partition coefficient (Wildman–Crippen LogP) is 1.18. The molecule has 0 saturated heterocycles. The molecule has 0 aliphatic rings. The van der Waals surface area contributed by atoms with Gasteiger partial charge in [-0.15, -0.1) is 0 Å². The fraction of sp³-hybridized carbons (Fsp3) is 0.417. The van der Waals surface area contributed by atoms with Gasteiger partial charge in [0, 0.05) is 20.5 Å². The maximum absolute atomic E-state index is 13.2. The number of aryl methyl sites for hydroxylation is 1. The highest BCUT2D eigenvalue weighted by Gasteiger charge is 2.22. The van der Waals surface area contributed by atoms with Gasteiger partial charge in [-0.2, -0.15) is 0 Å². The molecule has 7 heteroatoms. The smallest absolute Gasteiger partial charge is 0.305 e. The van der Waals surface area contributed by atoms with E-state index in [0.717, 1.165) is 10.4 Å². The molecule has 0 fully saturated rings. The molecule has 19 heavy (non-hydrogen) atoms. The number of benzene rings is 1. The third-order valence-electron chi connectivity index (χ3n) is 2.61. The predicted molar refractivity (Wildman–Crippen MR) is 67.6 cm³/mol. The van der Waals surface area contributed by atoms with E-state index in [0.29, 0.717) is 5.56 Å². The number of ether oxygens (including phenoxy) is 1. The van der Waals surface area contributed by atoms with Crippen LogP contribution < -0.4 is 0 Å². The highest BCUT2D eigenvalue weighted by Crippen LogP contribution is 2.21. The van der Waals surface area contributed by atoms with Crippen molar-refractivity contribution in [3.05, 3.63) is 29.6 Å². The average Bonchev–Trinajstić information content (AvgIpc) is 2.36. The molecule has 0 radical (unpaired) electrons. The van der Waals surface area contributed by atoms with E-state index in [2.05, 4.69) is 4.74 Å². The summed E-state index contributed by atoms with van der Waals surface area (Å²) in [5, 5.41) is 0. The van der Waals surface area contributed by atoms with Crippen LogP contribution in [-0.4, -0.2) is 39.9 Å². The maximum atomic E-state index is 13.2. The summed E-state index contributed by atoms with van der Waals surface area (Å²) in [6.45, 7) is 0. The van der Waals surface area contributed by atoms with Crippen molar-refractivity contribution in [1.29, 1.82) is 0 Å². The van der Waals surface area contributed by atoms with E-state index in [9.17, 15) is 17.6 Å². The van der Waals surface area contributed by atoms with Crippen molar-refractivity contribution in [2.24, 2.45) is 0 Å². The van der Waals surface area contributed by atoms with E-state index in [1.165, 1.54) is 33.3 Å². The Morgan fingerprint density at radius 1 is 1.37 bits per heavy atom. The first-order valence-electron chi connectivity index (χ1n) is 5.57. The van der Waals surface area contributed by atoms with Crippen LogP contribution in [0, 0.1) is 5.82 Å². The van der Waals surface area contributed by atoms with Crippen LogP contribution in [0.4, 0.5) is 4.39 Å². The standard InChI is InChI=1S/C12H16FNO4S/c1-14(2)19(16,17)11-8-10(13)6-4-9(11)5-7-12(15)18-3/h4,6,8H,5,7H2,1-3H3. The van der Waals surface area contributed by atoms with Crippen LogP contribution in [0.5, 0.6) is 0 Å². The van der Waals surface area contributed by atoms with Crippen molar-refractivity contribution in [3.8, 4) is 0 Å². The Kier molecular flexibility index (Phi) is 5.02. The van der Waals surface area contributed by atoms with Crippen molar-refractivity contribution >= 4 is 16.0 Å². The monoisotopic (exact) mass is 289 g/mol. The van der Waals surface area contributed by atoms with Crippen LogP contribution in [0.15, 0.2) is 23.1 Å². The van der Waals surface area contributed by atoms with Gasteiger partial charge in [-0.25, -0.2) is 17.1 Å². The van der Waals surface area contributed by atoms with Gasteiger partial charge in [-0.3, -0.25) is 4.79 Å². The van der Waals surface area contributed by atoms with E-state index in [1.54, 1.807) is 0 Å². The van der Waals surface area contributed by atoms with Crippen molar-refractivity contribution in [2.45, 2.75) is 17.7 Å². The van der Waals surface area contributed by atoms with E-state index >= 15 is 0 Å². The molecule has 0 heterocycles. The summed E-state index contributed by atoms with van der Waals surface area (Å²) in [5.74, 6) is -1.08. The minimum absolute atomic E-state index is 0.0398. The molecule has 0 aliphatic heterocycles. The number of sulfonamides is 1. The lowest BCUT2D eigenvalue weighted by atomic mass is 10.1. The normalized spacial score (nSPS) is 11.6. The van der Waals surface area contributed by atoms with Crippen LogP contribution in [0.1, 0.15) is 12.0 Å². The Morgan fingerprint density at radius 2 is 2.00 bits per heavy atom. The van der Waals surface area contributed by atoms with Gasteiger partial charge in [0.05, 0.1) is 12.0 Å². The van der Waals surface area contributed by atoms with Gasteiger partial charge in [0.15, 0.2) is 0 Å². The first kappa shape index (κ1) is 15.6. The Bertz CT molecular complexity index is 569. The summed E-state index contributed by atoms with van der Waals surface area (Å²) < 4.78 is 42.9. The molecule has 0 unspecified atom stereocenters. The quantitative estimate of drug-likeness (QED) is 0.764. The SMILES string of the molecule is COC(=O)CCc1ccc(F)cc1S(=O)(=O)N(C)C. The van der Waals surface area contributed by atoms with E-state index in [1.807, 2.05) is 0 Å². The highest BCUT2D eigenvalue weighted by atomic mass is 32.2. The van der Waals surface area contributed by atoms with E-state index in [4.69, 9.17) is 0 Å². The lowest BCUT2D eigenvalue weighted by molar-refractivity contribution is -0.140. The van der Waals surface area contributed by atoms with Gasteiger partial charge in [-0.05, 0) is 24.1 Å². The molecular weight excluding hydrogens is 273 g/mol. The summed E-state index contributed by atoms with van der Waals surface area (Å²) >= 11 is 0. The van der Waals surface area contributed by atoms with Gasteiger partial charge in [-0.1, -0.05) is 6.07 Å². The lowest BCUT2D eigenvalue weighted by Gasteiger charge is -2.15. The van der Waals surface area contributed by atoms with Crippen LogP contribution in [0.25, 0.3) is 0 Å². The first-order chi connectivity index (χ1) is 8.78. The Morgan fingerprint density at radius 3 is 2.53 bits per heavy atom. The van der Waals surface area contributed by atoms with Crippen LogP contribution in [-0.2, 0) is 26.0 Å². The summed E-state index contributed by atoms with van der Waals surface area (Å²) in [7, 11) is 0.242. The Hall–Kier alpha value is -1.47. The molecule has 0 atom stereocenters. The molecule has 0 saturated carbocycles. The zero-order valence-electron chi connectivity index (χ0n) is 11.0. The average molecular weight is 289 g/mol. The molecule has 0 aromatic heterocycles. The second kappa shape index (κ2) is 6.12. The summed E-state index contributed by atoms with van der Waals surface area (Å²) in [6.07, 6.45) is 0.216. The van der Waals surface area contributed by atoms with E-state index in [-0.39, 0.29) is 17.7 Å². The van der Waals surface area contributed by atoms with Gasteiger partial charge >= 0.3 is 5.97 Å². The Labute approximate surface area is 112 Å². The van der Waals surface area contributed by atoms with Gasteiger partial charge in [0.25, 0.3) is 0 Å². The molecule has 0 N–H and O–H groups in total. The maximum Gasteiger partial charge on any atom is 0.305 e. The topological polar surface area (TPSA) is 63.7 Å². The third-order valence-corrected chi connectivity index (χ3v) is 4.51. The van der Waals surface area contributed by atoms with Gasteiger partial charge < -0.3 is 4.74 Å². The molecule has 0 spiro atoms. The number of hydrogen-bond donors (Lipinski definition) is 0. The fourth-order valence-corrected chi connectivity index (χ4v) is 2.67. The van der Waals surface area contributed by atoms with Gasteiger partial charge in [0.2, 0.25) is 10.0 Å². The lowest BCUT2D eigenvalue weighted by Crippen LogP contribution is -2.23. The zero-order valence-corrected chi connectivity index (χ0v) is 11.8. The van der Waals surface area contributed by atoms with Gasteiger partial charge in [0.1, 0.15) is 5.82 Å². The van der Waals surface area contributed by atoms with Crippen molar-refractivity contribution in [3.63, 3.8) is 0 Å². The molecular formula is C12H16FNO4S. The minimum atomic E-state index is -3.74. The van der Waals surface area contributed by atoms with Crippen LogP contribution in [0.2, 0.25) is 0 Å². The number of carbonyl (C=O) groups excluding carboxylic acids is 1. The van der Waals surface area contributed by atoms with E-state index < -0.39 is 21.8 Å². The molecule has 0 aliphatic carbocycles. The highest BCUT2D eigenvalue weighted by molar-refractivity contribution is 7.89. The summed E-state index contributed by atoms with van der Waals surface area (Å²) in [4.78, 5) is 11.0. The van der Waals surface area contributed by atoms with Crippen LogP contribution >= 0.6 is 0 Å². The Balaban J connectivity index is 3.16. The number of carbonyl (C=O) groups is 1. The second-order valence-electron chi connectivity index (χ2n) is 4.12. The molecule has 5 nitrogen and oxygen atoms in total. The zero-order chi connectivity index (χ0) is 14.6. The fourth-order valence-electron chi connectivity index (χ4n) is 1.51. The third kappa shape index (κ3) is 3.74. The van der Waals surface area contributed by atoms with Crippen molar-refractivity contribution in [1.82, 2.24) is 4.31 Å². The minimum Gasteiger partial charge on any atom is -0.469 e. The number of nitrogens with zero attached hydrogens (tertiary/aromatic N) is 1. The first-order valence-corrected chi connectivity index (χ1v) is 7.01. The number of esters is 1. The number of hydrogen-bond acceptors (Lipinski definition) is 4. The van der Waals surface area contributed by atoms with Crippen molar-refractivity contribution in [2.75, 3.05) is 21.2 Å². The molecule has 0 amide bonds. The largest absolute Gasteiger partial charge is 0.469 e. The molecule has 1 aromatic rings. The van der Waals surface area contributed by atoms with Crippen molar-refractivity contribution < 1.29 is 22.3 Å². The summed E-state index contributed by atoms with van der Waals surface area (Å²) in [5.41, 5.74) is 0.389. The van der Waals surface area contributed by atoms with Crippen LogP contribution in [0.3, 0.4) is 0 Å². The summed E-state index contributed by atoms with van der Waals surface area (Å²) in [6, 6.07) is 3.50. The molecule has 106 valence electrons. The number of rotatable bonds is 5. The molecule has 0 bridgehead atoms. The molecule has 1 aromatic carbocycles. The second-order valence-corrected chi connectivity index (χ2v) is 6.24. The number of methoxy groups -OCH3 is 1. The molecule has 1 rings (SSSR count). The number of halogens is 1.